The quantitative estimate of drug-likeness (QED) is 0.791. The molecular formula is C13H23F3N2O3. The van der Waals surface area contributed by atoms with Gasteiger partial charge in [0.1, 0.15) is 6.42 Å². The van der Waals surface area contributed by atoms with E-state index in [1.807, 2.05) is 18.7 Å². The van der Waals surface area contributed by atoms with Crippen molar-refractivity contribution in [1.82, 2.24) is 9.80 Å². The van der Waals surface area contributed by atoms with Crippen LogP contribution in [0, 0.1) is 0 Å². The standard InChI is InChI=1S/C13H23F3N2O3/c1-10(2)21-9-11(19)8-17-3-5-18(6-4-17)12(20)7-13(14,15)16/h10-11,19H,3-9H2,1-2H3. The first-order valence-corrected chi connectivity index (χ1v) is 7.04. The number of aliphatic hydroxyl groups is 1. The summed E-state index contributed by atoms with van der Waals surface area (Å²) in [4.78, 5) is 14.6. The van der Waals surface area contributed by atoms with Crippen LogP contribution in [0.15, 0.2) is 0 Å². The SMILES string of the molecule is CC(C)OCC(O)CN1CCN(C(=O)CC(F)(F)F)CC1. The Morgan fingerprint density at radius 3 is 2.29 bits per heavy atom. The number of carbonyl (C=O) groups excluding carboxylic acids is 1. The lowest BCUT2D eigenvalue weighted by molar-refractivity contribution is -0.162. The van der Waals surface area contributed by atoms with Crippen LogP contribution in [0.4, 0.5) is 13.2 Å². The summed E-state index contributed by atoms with van der Waals surface area (Å²) in [6.07, 6.45) is -6.46. The Morgan fingerprint density at radius 2 is 1.81 bits per heavy atom. The number of nitrogens with zero attached hydrogens (tertiary/aromatic N) is 2. The van der Waals surface area contributed by atoms with Crippen LogP contribution in [0.1, 0.15) is 20.3 Å². The summed E-state index contributed by atoms with van der Waals surface area (Å²) in [7, 11) is 0. The molecule has 0 aromatic carbocycles. The van der Waals surface area contributed by atoms with Gasteiger partial charge in [-0.15, -0.1) is 0 Å². The summed E-state index contributed by atoms with van der Waals surface area (Å²) < 4.78 is 41.8. The van der Waals surface area contributed by atoms with Crippen molar-refractivity contribution in [3.63, 3.8) is 0 Å². The summed E-state index contributed by atoms with van der Waals surface area (Å²) >= 11 is 0. The second-order valence-electron chi connectivity index (χ2n) is 5.51. The van der Waals surface area contributed by atoms with E-state index in [1.54, 1.807) is 0 Å². The van der Waals surface area contributed by atoms with Crippen LogP contribution >= 0.6 is 0 Å². The van der Waals surface area contributed by atoms with Crippen molar-refractivity contribution < 1.29 is 27.8 Å². The van der Waals surface area contributed by atoms with Crippen molar-refractivity contribution in [1.29, 1.82) is 0 Å². The predicted octanol–water partition coefficient (Wildman–Crippen LogP) is 0.869. The third-order valence-corrected chi connectivity index (χ3v) is 3.17. The number of piperazine rings is 1. The van der Waals surface area contributed by atoms with Gasteiger partial charge < -0.3 is 14.7 Å². The van der Waals surface area contributed by atoms with Gasteiger partial charge in [-0.25, -0.2) is 0 Å². The lowest BCUT2D eigenvalue weighted by Crippen LogP contribution is -2.51. The van der Waals surface area contributed by atoms with E-state index in [1.165, 1.54) is 4.90 Å². The summed E-state index contributed by atoms with van der Waals surface area (Å²) in [6.45, 7) is 5.80. The number of halogens is 3. The molecule has 1 rings (SSSR count). The summed E-state index contributed by atoms with van der Waals surface area (Å²) in [5, 5.41) is 9.78. The Kier molecular flexibility index (Phi) is 6.89. The zero-order chi connectivity index (χ0) is 16.0. The Labute approximate surface area is 122 Å². The molecule has 0 bridgehead atoms. The molecule has 124 valence electrons. The molecule has 21 heavy (non-hydrogen) atoms. The first kappa shape index (κ1) is 18.2. The van der Waals surface area contributed by atoms with Crippen LogP contribution in [0.5, 0.6) is 0 Å². The lowest BCUT2D eigenvalue weighted by atomic mass is 10.2. The minimum atomic E-state index is -4.46. The molecule has 8 heteroatoms. The van der Waals surface area contributed by atoms with Gasteiger partial charge in [0, 0.05) is 32.7 Å². The van der Waals surface area contributed by atoms with E-state index in [0.717, 1.165) is 0 Å². The molecule has 0 aromatic rings. The van der Waals surface area contributed by atoms with Gasteiger partial charge in [-0.3, -0.25) is 9.69 Å². The van der Waals surface area contributed by atoms with Crippen LogP contribution in [0.3, 0.4) is 0 Å². The van der Waals surface area contributed by atoms with Gasteiger partial charge >= 0.3 is 6.18 Å². The average Bonchev–Trinajstić information content (AvgIpc) is 2.35. The zero-order valence-electron chi connectivity index (χ0n) is 12.4. The third kappa shape index (κ3) is 7.63. The molecule has 0 aliphatic carbocycles. The fraction of sp³-hybridized carbons (Fsp3) is 0.923. The van der Waals surface area contributed by atoms with E-state index in [-0.39, 0.29) is 25.8 Å². The zero-order valence-corrected chi connectivity index (χ0v) is 12.4. The Hall–Kier alpha value is -0.860. The molecular weight excluding hydrogens is 289 g/mol. The number of hydrogen-bond acceptors (Lipinski definition) is 4. The van der Waals surface area contributed by atoms with Crippen molar-refractivity contribution >= 4 is 5.91 Å². The molecule has 1 N–H and O–H groups in total. The van der Waals surface area contributed by atoms with Crippen molar-refractivity contribution in [2.45, 2.75) is 38.7 Å². The predicted molar refractivity (Wildman–Crippen MR) is 70.8 cm³/mol. The molecule has 1 unspecified atom stereocenters. The Balaban J connectivity index is 2.27. The van der Waals surface area contributed by atoms with Crippen molar-refractivity contribution in [3.05, 3.63) is 0 Å². The number of ether oxygens (including phenoxy) is 1. The van der Waals surface area contributed by atoms with E-state index in [4.69, 9.17) is 4.74 Å². The molecule has 1 aliphatic rings. The molecule has 0 spiro atoms. The van der Waals surface area contributed by atoms with Gasteiger partial charge in [-0.05, 0) is 13.8 Å². The number of rotatable bonds is 6. The highest BCUT2D eigenvalue weighted by Crippen LogP contribution is 2.21. The second-order valence-corrected chi connectivity index (χ2v) is 5.51. The average molecular weight is 312 g/mol. The molecule has 1 atom stereocenters. The number of carbonyl (C=O) groups is 1. The summed E-state index contributed by atoms with van der Waals surface area (Å²) in [5.41, 5.74) is 0. The van der Waals surface area contributed by atoms with Crippen molar-refractivity contribution in [2.24, 2.45) is 0 Å². The van der Waals surface area contributed by atoms with Gasteiger partial charge in [0.05, 0.1) is 18.8 Å². The van der Waals surface area contributed by atoms with E-state index < -0.39 is 24.6 Å². The van der Waals surface area contributed by atoms with Crippen LogP contribution < -0.4 is 0 Å². The monoisotopic (exact) mass is 312 g/mol. The topological polar surface area (TPSA) is 53.0 Å². The van der Waals surface area contributed by atoms with Crippen LogP contribution in [0.25, 0.3) is 0 Å². The molecule has 1 amide bonds. The molecule has 1 heterocycles. The molecule has 1 fully saturated rings. The summed E-state index contributed by atoms with van der Waals surface area (Å²) in [5.74, 6) is -0.883. The lowest BCUT2D eigenvalue weighted by Gasteiger charge is -2.35. The Bertz CT molecular complexity index is 329. The van der Waals surface area contributed by atoms with Gasteiger partial charge in [0.15, 0.2) is 0 Å². The minimum Gasteiger partial charge on any atom is -0.389 e. The number of alkyl halides is 3. The number of β-amino-alcohol motifs (C(OH)–C–C–N with tert-alkyl or cyclic N) is 1. The largest absolute Gasteiger partial charge is 0.397 e. The first-order chi connectivity index (χ1) is 9.67. The molecule has 0 aromatic heterocycles. The maximum Gasteiger partial charge on any atom is 0.397 e. The fourth-order valence-corrected chi connectivity index (χ4v) is 2.12. The normalized spacial score (nSPS) is 19.1. The van der Waals surface area contributed by atoms with Gasteiger partial charge in [0.25, 0.3) is 0 Å². The van der Waals surface area contributed by atoms with E-state index in [2.05, 4.69) is 0 Å². The van der Waals surface area contributed by atoms with Crippen LogP contribution in [-0.2, 0) is 9.53 Å². The first-order valence-electron chi connectivity index (χ1n) is 7.04. The molecule has 0 saturated carbocycles. The van der Waals surface area contributed by atoms with E-state index in [0.29, 0.717) is 19.6 Å². The fourth-order valence-electron chi connectivity index (χ4n) is 2.12. The Morgan fingerprint density at radius 1 is 1.24 bits per heavy atom. The van der Waals surface area contributed by atoms with E-state index in [9.17, 15) is 23.1 Å². The molecule has 1 saturated heterocycles. The third-order valence-electron chi connectivity index (χ3n) is 3.17. The summed E-state index contributed by atoms with van der Waals surface area (Å²) in [6, 6.07) is 0. The van der Waals surface area contributed by atoms with Crippen LogP contribution in [-0.4, -0.2) is 78.5 Å². The van der Waals surface area contributed by atoms with Gasteiger partial charge in [-0.2, -0.15) is 13.2 Å². The number of amides is 1. The molecule has 1 aliphatic heterocycles. The molecule has 5 nitrogen and oxygen atoms in total. The maximum absolute atomic E-state index is 12.2. The van der Waals surface area contributed by atoms with Crippen molar-refractivity contribution in [2.75, 3.05) is 39.3 Å². The smallest absolute Gasteiger partial charge is 0.389 e. The van der Waals surface area contributed by atoms with E-state index >= 15 is 0 Å². The number of aliphatic hydroxyl groups excluding tert-OH is 1. The van der Waals surface area contributed by atoms with Crippen LogP contribution in [0.2, 0.25) is 0 Å². The van der Waals surface area contributed by atoms with Gasteiger partial charge in [-0.1, -0.05) is 0 Å². The highest BCUT2D eigenvalue weighted by atomic mass is 19.4. The minimum absolute atomic E-state index is 0.0384. The second kappa shape index (κ2) is 7.95. The molecule has 0 radical (unpaired) electrons. The highest BCUT2D eigenvalue weighted by Gasteiger charge is 2.34. The van der Waals surface area contributed by atoms with Gasteiger partial charge in [0.2, 0.25) is 5.91 Å². The van der Waals surface area contributed by atoms with Crippen molar-refractivity contribution in [3.8, 4) is 0 Å². The maximum atomic E-state index is 12.2. The highest BCUT2D eigenvalue weighted by molar-refractivity contribution is 5.76. The number of hydrogen-bond donors (Lipinski definition) is 1.